The molecule has 26 heavy (non-hydrogen) atoms. The molecule has 0 fully saturated rings. The summed E-state index contributed by atoms with van der Waals surface area (Å²) in [6.07, 6.45) is 2.61. The second-order valence-electron chi connectivity index (χ2n) is 5.85. The van der Waals surface area contributed by atoms with E-state index >= 15 is 0 Å². The van der Waals surface area contributed by atoms with E-state index in [9.17, 15) is 0 Å². The van der Waals surface area contributed by atoms with Crippen molar-refractivity contribution in [2.24, 2.45) is 4.99 Å². The van der Waals surface area contributed by atoms with Crippen LogP contribution in [0.1, 0.15) is 23.6 Å². The van der Waals surface area contributed by atoms with Crippen molar-refractivity contribution < 1.29 is 9.47 Å². The number of benzene rings is 1. The zero-order valence-corrected chi connectivity index (χ0v) is 16.0. The third kappa shape index (κ3) is 5.95. The van der Waals surface area contributed by atoms with Gasteiger partial charge in [-0.2, -0.15) is 0 Å². The minimum atomic E-state index is 0.607. The van der Waals surface area contributed by atoms with Gasteiger partial charge in [-0.15, -0.1) is 0 Å². The van der Waals surface area contributed by atoms with Gasteiger partial charge in [-0.1, -0.05) is 17.7 Å². The van der Waals surface area contributed by atoms with E-state index in [-0.39, 0.29) is 0 Å². The van der Waals surface area contributed by atoms with Gasteiger partial charge in [-0.3, -0.25) is 4.99 Å². The molecule has 1 aromatic carbocycles. The van der Waals surface area contributed by atoms with Gasteiger partial charge in [-0.05, 0) is 43.5 Å². The van der Waals surface area contributed by atoms with E-state index in [1.807, 2.05) is 25.1 Å². The molecule has 2 N–H and O–H groups in total. The van der Waals surface area contributed by atoms with Crippen LogP contribution in [-0.4, -0.2) is 38.3 Å². The first-order chi connectivity index (χ1) is 12.7. The first-order valence-corrected chi connectivity index (χ1v) is 8.82. The normalized spacial score (nSPS) is 11.2. The Hall–Kier alpha value is -2.76. The fourth-order valence-electron chi connectivity index (χ4n) is 2.61. The second-order valence-corrected chi connectivity index (χ2v) is 5.85. The van der Waals surface area contributed by atoms with Crippen LogP contribution < -0.4 is 20.1 Å². The summed E-state index contributed by atoms with van der Waals surface area (Å²) < 4.78 is 10.9. The molecule has 0 aliphatic carbocycles. The highest BCUT2D eigenvalue weighted by atomic mass is 16.5. The molecule has 2 aromatic rings. The average Bonchev–Trinajstić information content (AvgIpc) is 2.65. The molecule has 0 bridgehead atoms. The van der Waals surface area contributed by atoms with E-state index in [2.05, 4.69) is 39.7 Å². The number of hydrogen-bond acceptors (Lipinski definition) is 4. The summed E-state index contributed by atoms with van der Waals surface area (Å²) in [5.41, 5.74) is 3.50. The Labute approximate surface area is 155 Å². The van der Waals surface area contributed by atoms with Crippen molar-refractivity contribution in [3.8, 4) is 11.6 Å². The molecule has 0 saturated carbocycles. The van der Waals surface area contributed by atoms with E-state index in [1.165, 1.54) is 11.1 Å². The summed E-state index contributed by atoms with van der Waals surface area (Å²) in [6.45, 7) is 6.05. The molecule has 0 atom stereocenters. The Balaban J connectivity index is 1.85. The number of ether oxygens (including phenoxy) is 2. The lowest BCUT2D eigenvalue weighted by molar-refractivity contribution is 0.326. The Kier molecular flexibility index (Phi) is 7.74. The number of nitrogens with zero attached hydrogens (tertiary/aromatic N) is 2. The van der Waals surface area contributed by atoms with Crippen molar-refractivity contribution >= 4 is 5.96 Å². The second kappa shape index (κ2) is 10.3. The lowest BCUT2D eigenvalue weighted by Crippen LogP contribution is -2.37. The van der Waals surface area contributed by atoms with Crippen molar-refractivity contribution in [2.45, 2.75) is 26.8 Å². The molecule has 0 spiro atoms. The van der Waals surface area contributed by atoms with Crippen LogP contribution in [0.2, 0.25) is 0 Å². The molecule has 0 saturated heterocycles. The summed E-state index contributed by atoms with van der Waals surface area (Å²) >= 11 is 0. The molecular formula is C20H28N4O2. The minimum Gasteiger partial charge on any atom is -0.496 e. The maximum atomic E-state index is 5.43. The molecule has 0 amide bonds. The number of hydrogen-bond donors (Lipinski definition) is 2. The van der Waals surface area contributed by atoms with Crippen LogP contribution in [-0.2, 0) is 13.0 Å². The average molecular weight is 356 g/mol. The lowest BCUT2D eigenvalue weighted by atomic mass is 10.1. The number of pyridine rings is 1. The molecule has 0 aliphatic rings. The number of methoxy groups -OCH3 is 1. The van der Waals surface area contributed by atoms with Crippen LogP contribution in [0.15, 0.2) is 41.5 Å². The molecule has 1 heterocycles. The molecule has 1 aromatic heterocycles. The monoisotopic (exact) mass is 356 g/mol. The van der Waals surface area contributed by atoms with Crippen LogP contribution in [0.25, 0.3) is 0 Å². The maximum Gasteiger partial charge on any atom is 0.213 e. The summed E-state index contributed by atoms with van der Waals surface area (Å²) in [7, 11) is 3.47. The topological polar surface area (TPSA) is 67.8 Å². The summed E-state index contributed by atoms with van der Waals surface area (Å²) in [4.78, 5) is 8.44. The lowest BCUT2D eigenvalue weighted by Gasteiger charge is -2.14. The predicted octanol–water partition coefficient (Wildman–Crippen LogP) is 2.71. The van der Waals surface area contributed by atoms with Crippen molar-refractivity contribution in [1.82, 2.24) is 15.6 Å². The highest BCUT2D eigenvalue weighted by Gasteiger charge is 2.05. The molecule has 2 rings (SSSR count). The fraction of sp³-hybridized carbons (Fsp3) is 0.400. The Bertz CT molecular complexity index is 732. The van der Waals surface area contributed by atoms with Crippen molar-refractivity contribution in [3.63, 3.8) is 0 Å². The van der Waals surface area contributed by atoms with Gasteiger partial charge < -0.3 is 20.1 Å². The molecule has 0 unspecified atom stereocenters. The van der Waals surface area contributed by atoms with Gasteiger partial charge in [0.1, 0.15) is 5.75 Å². The Morgan fingerprint density at radius 1 is 1.19 bits per heavy atom. The number of aryl methyl sites for hydroxylation is 1. The number of aromatic nitrogens is 1. The van der Waals surface area contributed by atoms with E-state index in [4.69, 9.17) is 9.47 Å². The molecule has 0 aliphatic heterocycles. The van der Waals surface area contributed by atoms with Gasteiger partial charge in [0.15, 0.2) is 5.96 Å². The predicted molar refractivity (Wildman–Crippen MR) is 105 cm³/mol. The van der Waals surface area contributed by atoms with Crippen LogP contribution >= 0.6 is 0 Å². The van der Waals surface area contributed by atoms with E-state index in [0.29, 0.717) is 19.0 Å². The SMILES string of the molecule is CCOc1cc(CNC(=NC)NCCc2cc(C)ccc2OC)ccn1. The Morgan fingerprint density at radius 3 is 2.77 bits per heavy atom. The maximum absolute atomic E-state index is 5.43. The third-order valence-corrected chi connectivity index (χ3v) is 3.90. The highest BCUT2D eigenvalue weighted by molar-refractivity contribution is 5.79. The standard InChI is InChI=1S/C20H28N4O2/c1-5-26-19-13-16(8-10-22-19)14-24-20(21-3)23-11-9-17-12-15(2)6-7-18(17)25-4/h6-8,10,12-13H,5,9,11,14H2,1-4H3,(H2,21,23,24). The smallest absolute Gasteiger partial charge is 0.213 e. The zero-order valence-electron chi connectivity index (χ0n) is 16.0. The number of rotatable bonds is 8. The molecular weight excluding hydrogens is 328 g/mol. The van der Waals surface area contributed by atoms with E-state index < -0.39 is 0 Å². The van der Waals surface area contributed by atoms with E-state index in [1.54, 1.807) is 20.4 Å². The van der Waals surface area contributed by atoms with Gasteiger partial charge in [0.25, 0.3) is 0 Å². The summed E-state index contributed by atoms with van der Waals surface area (Å²) in [5.74, 6) is 2.31. The van der Waals surface area contributed by atoms with E-state index in [0.717, 1.165) is 30.2 Å². The number of aliphatic imine (C=N–C) groups is 1. The third-order valence-electron chi connectivity index (χ3n) is 3.90. The van der Waals surface area contributed by atoms with Crippen LogP contribution in [0, 0.1) is 6.92 Å². The van der Waals surface area contributed by atoms with Crippen LogP contribution in [0.3, 0.4) is 0 Å². The molecule has 6 heteroatoms. The molecule has 140 valence electrons. The fourth-order valence-corrected chi connectivity index (χ4v) is 2.61. The van der Waals surface area contributed by atoms with Gasteiger partial charge in [0.05, 0.1) is 13.7 Å². The number of nitrogens with one attached hydrogen (secondary N) is 2. The molecule has 0 radical (unpaired) electrons. The van der Waals surface area contributed by atoms with Crippen molar-refractivity contribution in [3.05, 3.63) is 53.2 Å². The Morgan fingerprint density at radius 2 is 2.04 bits per heavy atom. The van der Waals surface area contributed by atoms with Gasteiger partial charge in [-0.25, -0.2) is 4.98 Å². The quantitative estimate of drug-likeness (QED) is 0.562. The minimum absolute atomic E-state index is 0.607. The zero-order chi connectivity index (χ0) is 18.8. The van der Waals surface area contributed by atoms with Crippen molar-refractivity contribution in [1.29, 1.82) is 0 Å². The number of guanidine groups is 1. The van der Waals surface area contributed by atoms with Gasteiger partial charge in [0.2, 0.25) is 5.88 Å². The van der Waals surface area contributed by atoms with Crippen LogP contribution in [0.4, 0.5) is 0 Å². The van der Waals surface area contributed by atoms with Gasteiger partial charge in [0, 0.05) is 32.4 Å². The summed E-state index contributed by atoms with van der Waals surface area (Å²) in [5, 5.41) is 6.64. The van der Waals surface area contributed by atoms with Crippen LogP contribution in [0.5, 0.6) is 11.6 Å². The summed E-state index contributed by atoms with van der Waals surface area (Å²) in [6, 6.07) is 10.1. The highest BCUT2D eigenvalue weighted by Crippen LogP contribution is 2.19. The first kappa shape index (κ1) is 19.6. The largest absolute Gasteiger partial charge is 0.496 e. The first-order valence-electron chi connectivity index (χ1n) is 8.82. The van der Waals surface area contributed by atoms with Gasteiger partial charge >= 0.3 is 0 Å². The van der Waals surface area contributed by atoms with Crippen molar-refractivity contribution in [2.75, 3.05) is 27.3 Å². The molecule has 6 nitrogen and oxygen atoms in total.